The highest BCUT2D eigenvalue weighted by molar-refractivity contribution is 7.22. The molecule has 1 amide bonds. The summed E-state index contributed by atoms with van der Waals surface area (Å²) in [6.07, 6.45) is -0.601. The zero-order valence-corrected chi connectivity index (χ0v) is 14.8. The first-order valence-electron chi connectivity index (χ1n) is 7.74. The van der Waals surface area contributed by atoms with Gasteiger partial charge in [-0.25, -0.2) is 9.97 Å². The average Bonchev–Trinajstić information content (AvgIpc) is 3.17. The number of carbonyl (C=O) groups excluding carboxylic acids is 1. The van der Waals surface area contributed by atoms with Crippen molar-refractivity contribution in [3.05, 3.63) is 34.3 Å². The maximum absolute atomic E-state index is 12.3. The quantitative estimate of drug-likeness (QED) is 0.668. The number of halogens is 3. The smallest absolute Gasteiger partial charge is 0.422 e. The van der Waals surface area contributed by atoms with E-state index in [-0.39, 0.29) is 11.7 Å². The molecule has 0 unspecified atom stereocenters. The van der Waals surface area contributed by atoms with Crippen molar-refractivity contribution in [2.24, 2.45) is 0 Å². The van der Waals surface area contributed by atoms with Gasteiger partial charge in [0.15, 0.2) is 11.7 Å². The molecule has 0 atom stereocenters. The van der Waals surface area contributed by atoms with E-state index in [1.807, 2.05) is 0 Å². The standard InChI is InChI=1S/C16H12F3N3O2S2/c17-16(18,19)7-24-9-3-4-10-11(5-9)26-15(21-10)22-13(23)12-6-20-14(25-12)8-1-2-8/h3-6,8H,1-2,7H2,(H,21,22,23). The summed E-state index contributed by atoms with van der Waals surface area (Å²) in [7, 11) is 0. The van der Waals surface area contributed by atoms with E-state index in [1.165, 1.54) is 34.8 Å². The van der Waals surface area contributed by atoms with Crippen molar-refractivity contribution in [2.75, 3.05) is 11.9 Å². The summed E-state index contributed by atoms with van der Waals surface area (Å²) < 4.78 is 42.1. The van der Waals surface area contributed by atoms with E-state index < -0.39 is 12.8 Å². The summed E-state index contributed by atoms with van der Waals surface area (Å²) in [6.45, 7) is -1.35. The fourth-order valence-corrected chi connectivity index (χ4v) is 4.16. The van der Waals surface area contributed by atoms with Gasteiger partial charge in [0.05, 0.1) is 21.4 Å². The summed E-state index contributed by atoms with van der Waals surface area (Å²) in [5.41, 5.74) is 0.577. The van der Waals surface area contributed by atoms with Gasteiger partial charge in [-0.2, -0.15) is 13.2 Å². The molecule has 1 aliphatic carbocycles. The Balaban J connectivity index is 1.46. The first kappa shape index (κ1) is 17.2. The third-order valence-corrected chi connectivity index (χ3v) is 5.75. The molecule has 0 aliphatic heterocycles. The SMILES string of the molecule is O=C(Nc1nc2ccc(OCC(F)(F)F)cc2s1)c1cnc(C2CC2)s1. The van der Waals surface area contributed by atoms with Crippen LogP contribution < -0.4 is 10.1 Å². The number of alkyl halides is 3. The number of ether oxygens (including phenoxy) is 1. The Morgan fingerprint density at radius 2 is 2.12 bits per heavy atom. The minimum absolute atomic E-state index is 0.105. The van der Waals surface area contributed by atoms with Gasteiger partial charge in [-0.1, -0.05) is 11.3 Å². The third-order valence-electron chi connectivity index (χ3n) is 3.66. The van der Waals surface area contributed by atoms with E-state index in [1.54, 1.807) is 12.3 Å². The monoisotopic (exact) mass is 399 g/mol. The van der Waals surface area contributed by atoms with Gasteiger partial charge in [0.2, 0.25) is 0 Å². The minimum Gasteiger partial charge on any atom is -0.484 e. The Kier molecular flexibility index (Phi) is 4.31. The van der Waals surface area contributed by atoms with E-state index in [2.05, 4.69) is 15.3 Å². The molecule has 10 heteroatoms. The summed E-state index contributed by atoms with van der Waals surface area (Å²) in [4.78, 5) is 21.4. The molecule has 0 saturated heterocycles. The summed E-state index contributed by atoms with van der Waals surface area (Å²) >= 11 is 2.55. The lowest BCUT2D eigenvalue weighted by molar-refractivity contribution is -0.153. The molecule has 1 aromatic carbocycles. The molecule has 1 fully saturated rings. The van der Waals surface area contributed by atoms with Crippen LogP contribution in [0, 0.1) is 0 Å². The van der Waals surface area contributed by atoms with Crippen molar-refractivity contribution in [3.8, 4) is 5.75 Å². The molecule has 136 valence electrons. The van der Waals surface area contributed by atoms with Gasteiger partial charge in [0.1, 0.15) is 10.6 Å². The van der Waals surface area contributed by atoms with Crippen molar-refractivity contribution in [1.82, 2.24) is 9.97 Å². The van der Waals surface area contributed by atoms with Crippen molar-refractivity contribution in [2.45, 2.75) is 24.9 Å². The van der Waals surface area contributed by atoms with E-state index in [4.69, 9.17) is 4.74 Å². The molecule has 0 spiro atoms. The molecule has 4 rings (SSSR count). The number of thiazole rings is 2. The summed E-state index contributed by atoms with van der Waals surface area (Å²) in [6, 6.07) is 4.46. The zero-order valence-electron chi connectivity index (χ0n) is 13.2. The molecule has 1 saturated carbocycles. The fraction of sp³-hybridized carbons (Fsp3) is 0.312. The number of benzene rings is 1. The molecule has 0 radical (unpaired) electrons. The van der Waals surface area contributed by atoms with Gasteiger partial charge in [-0.15, -0.1) is 11.3 Å². The van der Waals surface area contributed by atoms with Crippen LogP contribution in [-0.2, 0) is 0 Å². The number of nitrogens with zero attached hydrogens (tertiary/aromatic N) is 2. The molecular weight excluding hydrogens is 387 g/mol. The number of carbonyl (C=O) groups is 1. The Morgan fingerprint density at radius 1 is 1.31 bits per heavy atom. The Morgan fingerprint density at radius 3 is 2.85 bits per heavy atom. The molecule has 3 aromatic rings. The van der Waals surface area contributed by atoms with E-state index >= 15 is 0 Å². The van der Waals surface area contributed by atoms with Gasteiger partial charge in [-0.05, 0) is 31.0 Å². The summed E-state index contributed by atoms with van der Waals surface area (Å²) in [5.74, 6) is 0.300. The lowest BCUT2D eigenvalue weighted by Crippen LogP contribution is -2.19. The molecule has 1 aliphatic rings. The maximum Gasteiger partial charge on any atom is 0.422 e. The van der Waals surface area contributed by atoms with E-state index in [0.717, 1.165) is 17.8 Å². The van der Waals surface area contributed by atoms with E-state index in [9.17, 15) is 18.0 Å². The topological polar surface area (TPSA) is 64.1 Å². The lowest BCUT2D eigenvalue weighted by Gasteiger charge is -2.08. The van der Waals surface area contributed by atoms with Gasteiger partial charge in [0.25, 0.3) is 5.91 Å². The van der Waals surface area contributed by atoms with Crippen LogP contribution in [0.5, 0.6) is 5.75 Å². The predicted molar refractivity (Wildman–Crippen MR) is 93.2 cm³/mol. The largest absolute Gasteiger partial charge is 0.484 e. The third kappa shape index (κ3) is 3.96. The highest BCUT2D eigenvalue weighted by Gasteiger charge is 2.29. The van der Waals surface area contributed by atoms with Gasteiger partial charge >= 0.3 is 6.18 Å². The Bertz CT molecular complexity index is 963. The second-order valence-corrected chi connectivity index (χ2v) is 7.94. The lowest BCUT2D eigenvalue weighted by atomic mass is 10.3. The number of rotatable bonds is 5. The number of anilines is 1. The Hall–Kier alpha value is -2.20. The number of amides is 1. The number of hydrogen-bond acceptors (Lipinski definition) is 6. The molecule has 0 bridgehead atoms. The predicted octanol–water partition coefficient (Wildman–Crippen LogP) is 4.82. The second kappa shape index (κ2) is 6.51. The normalized spacial score (nSPS) is 14.6. The van der Waals surface area contributed by atoms with Gasteiger partial charge in [0, 0.05) is 5.92 Å². The van der Waals surface area contributed by atoms with E-state index in [0.29, 0.717) is 26.1 Å². The van der Waals surface area contributed by atoms with Gasteiger partial charge < -0.3 is 4.74 Å². The minimum atomic E-state index is -4.39. The Labute approximate surface area is 153 Å². The molecule has 2 aromatic heterocycles. The van der Waals surface area contributed by atoms with Crippen molar-refractivity contribution in [1.29, 1.82) is 0 Å². The molecule has 26 heavy (non-hydrogen) atoms. The van der Waals surface area contributed by atoms with Crippen LogP contribution in [0.4, 0.5) is 18.3 Å². The second-order valence-electron chi connectivity index (χ2n) is 5.84. The fourth-order valence-electron chi connectivity index (χ4n) is 2.28. The van der Waals surface area contributed by atoms with Crippen LogP contribution in [0.25, 0.3) is 10.2 Å². The van der Waals surface area contributed by atoms with Crippen molar-refractivity contribution < 1.29 is 22.7 Å². The van der Waals surface area contributed by atoms with Crippen LogP contribution in [0.2, 0.25) is 0 Å². The molecule has 5 nitrogen and oxygen atoms in total. The average molecular weight is 399 g/mol. The molecular formula is C16H12F3N3O2S2. The molecule has 2 heterocycles. The van der Waals surface area contributed by atoms with Crippen LogP contribution in [0.15, 0.2) is 24.4 Å². The number of hydrogen-bond donors (Lipinski definition) is 1. The van der Waals surface area contributed by atoms with Crippen LogP contribution in [-0.4, -0.2) is 28.7 Å². The first-order chi connectivity index (χ1) is 12.4. The number of fused-ring (bicyclic) bond motifs is 1. The van der Waals surface area contributed by atoms with Crippen molar-refractivity contribution in [3.63, 3.8) is 0 Å². The van der Waals surface area contributed by atoms with Gasteiger partial charge in [-0.3, -0.25) is 10.1 Å². The first-order valence-corrected chi connectivity index (χ1v) is 9.38. The zero-order chi connectivity index (χ0) is 18.3. The number of nitrogens with one attached hydrogen (secondary N) is 1. The highest BCUT2D eigenvalue weighted by atomic mass is 32.1. The van der Waals surface area contributed by atoms with Crippen LogP contribution >= 0.6 is 22.7 Å². The highest BCUT2D eigenvalue weighted by Crippen LogP contribution is 2.41. The molecule has 1 N–H and O–H groups in total. The van der Waals surface area contributed by atoms with Crippen LogP contribution in [0.1, 0.15) is 33.4 Å². The summed E-state index contributed by atoms with van der Waals surface area (Å²) in [5, 5.41) is 4.07. The van der Waals surface area contributed by atoms with Crippen LogP contribution in [0.3, 0.4) is 0 Å². The number of aromatic nitrogens is 2. The van der Waals surface area contributed by atoms with Crippen molar-refractivity contribution >= 4 is 43.9 Å². The maximum atomic E-state index is 12.3.